The minimum Gasteiger partial charge on any atom is -0.494 e. The van der Waals surface area contributed by atoms with Crippen LogP contribution >= 0.6 is 0 Å². The van der Waals surface area contributed by atoms with E-state index < -0.39 is 5.54 Å². The van der Waals surface area contributed by atoms with Crippen molar-refractivity contribution >= 4 is 5.91 Å². The van der Waals surface area contributed by atoms with Gasteiger partial charge in [-0.15, -0.1) is 0 Å². The minimum absolute atomic E-state index is 0.00412. The summed E-state index contributed by atoms with van der Waals surface area (Å²) in [6, 6.07) is 7.84. The minimum atomic E-state index is -0.868. The van der Waals surface area contributed by atoms with Crippen LogP contribution in [0.3, 0.4) is 0 Å². The summed E-state index contributed by atoms with van der Waals surface area (Å²) in [5.74, 6) is 0.923. The molecule has 1 aliphatic carbocycles. The highest BCUT2D eigenvalue weighted by Gasteiger charge is 2.70. The zero-order chi connectivity index (χ0) is 18.2. The number of benzene rings is 1. The lowest BCUT2D eigenvalue weighted by molar-refractivity contribution is -0.229. The number of carbonyl (C=O) groups is 1. The van der Waals surface area contributed by atoms with Crippen molar-refractivity contribution in [3.63, 3.8) is 0 Å². The predicted octanol–water partition coefficient (Wildman–Crippen LogP) is 2.58. The third-order valence-electron chi connectivity index (χ3n) is 6.07. The van der Waals surface area contributed by atoms with Gasteiger partial charge in [0, 0.05) is 37.1 Å². The van der Waals surface area contributed by atoms with Gasteiger partial charge in [0.25, 0.3) is 0 Å². The summed E-state index contributed by atoms with van der Waals surface area (Å²) in [6.45, 7) is 7.93. The Morgan fingerprint density at radius 2 is 2.12 bits per heavy atom. The standard InChI is InChI=1S/C20H30N2O3/c1-5-24-16-11-7-6-9-14(16)13-22(4)18(23)20(21)15-10-8-12-25-17(15)19(20,2)3/h6-7,9,11,15,17H,5,8,10,12-13,21H2,1-4H3. The van der Waals surface area contributed by atoms with Crippen molar-refractivity contribution in [2.75, 3.05) is 20.3 Å². The summed E-state index contributed by atoms with van der Waals surface area (Å²) in [6.07, 6.45) is 2.01. The smallest absolute Gasteiger partial charge is 0.243 e. The quantitative estimate of drug-likeness (QED) is 0.890. The van der Waals surface area contributed by atoms with Crippen LogP contribution in [0.2, 0.25) is 0 Å². The number of nitrogens with two attached hydrogens (primary N) is 1. The van der Waals surface area contributed by atoms with Crippen molar-refractivity contribution in [1.82, 2.24) is 4.90 Å². The number of fused-ring (bicyclic) bond motifs is 1. The summed E-state index contributed by atoms with van der Waals surface area (Å²) >= 11 is 0. The van der Waals surface area contributed by atoms with Gasteiger partial charge in [0.2, 0.25) is 5.91 Å². The third-order valence-corrected chi connectivity index (χ3v) is 6.07. The van der Waals surface area contributed by atoms with Gasteiger partial charge in [-0.25, -0.2) is 0 Å². The second-order valence-corrected chi connectivity index (χ2v) is 7.83. The Morgan fingerprint density at radius 3 is 2.84 bits per heavy atom. The fraction of sp³-hybridized carbons (Fsp3) is 0.650. The molecular weight excluding hydrogens is 316 g/mol. The van der Waals surface area contributed by atoms with Crippen molar-refractivity contribution < 1.29 is 14.3 Å². The van der Waals surface area contributed by atoms with E-state index in [1.807, 2.05) is 38.2 Å². The molecule has 0 spiro atoms. The normalized spacial score (nSPS) is 30.1. The molecule has 3 atom stereocenters. The molecule has 25 heavy (non-hydrogen) atoms. The number of likely N-dealkylation sites (N-methyl/N-ethyl adjacent to an activating group) is 1. The molecule has 138 valence electrons. The first-order chi connectivity index (χ1) is 11.8. The van der Waals surface area contributed by atoms with Gasteiger partial charge in [-0.05, 0) is 25.8 Å². The number of nitrogens with zero attached hydrogens (tertiary/aromatic N) is 1. The molecule has 0 bridgehead atoms. The molecule has 1 saturated carbocycles. The molecule has 0 aromatic heterocycles. The first-order valence-electron chi connectivity index (χ1n) is 9.20. The van der Waals surface area contributed by atoms with Crippen LogP contribution in [-0.4, -0.2) is 42.7 Å². The van der Waals surface area contributed by atoms with Crippen LogP contribution in [0.15, 0.2) is 24.3 Å². The predicted molar refractivity (Wildman–Crippen MR) is 97.2 cm³/mol. The topological polar surface area (TPSA) is 64.8 Å². The van der Waals surface area contributed by atoms with Crippen LogP contribution in [0, 0.1) is 11.3 Å². The highest BCUT2D eigenvalue weighted by atomic mass is 16.5. The van der Waals surface area contributed by atoms with Crippen LogP contribution in [0.25, 0.3) is 0 Å². The van der Waals surface area contributed by atoms with Gasteiger partial charge in [0.1, 0.15) is 11.3 Å². The van der Waals surface area contributed by atoms with E-state index >= 15 is 0 Å². The van der Waals surface area contributed by atoms with Crippen LogP contribution in [-0.2, 0) is 16.1 Å². The lowest BCUT2D eigenvalue weighted by Gasteiger charge is -2.65. The van der Waals surface area contributed by atoms with Crippen LogP contribution in [0.4, 0.5) is 0 Å². The second-order valence-electron chi connectivity index (χ2n) is 7.83. The largest absolute Gasteiger partial charge is 0.494 e. The van der Waals surface area contributed by atoms with E-state index in [2.05, 4.69) is 13.8 Å². The molecule has 1 saturated heterocycles. The van der Waals surface area contributed by atoms with Gasteiger partial charge in [0.05, 0.1) is 12.7 Å². The van der Waals surface area contributed by atoms with Crippen LogP contribution in [0.5, 0.6) is 5.75 Å². The van der Waals surface area contributed by atoms with Crippen LogP contribution in [0.1, 0.15) is 39.2 Å². The van der Waals surface area contributed by atoms with Crippen molar-refractivity contribution in [3.05, 3.63) is 29.8 Å². The molecule has 1 aromatic rings. The third kappa shape index (κ3) is 2.74. The van der Waals surface area contributed by atoms with Gasteiger partial charge in [-0.2, -0.15) is 0 Å². The van der Waals surface area contributed by atoms with E-state index in [1.54, 1.807) is 4.90 Å². The number of ether oxygens (including phenoxy) is 2. The van der Waals surface area contributed by atoms with Gasteiger partial charge in [0.15, 0.2) is 0 Å². The van der Waals surface area contributed by atoms with Crippen molar-refractivity contribution in [1.29, 1.82) is 0 Å². The fourth-order valence-corrected chi connectivity index (χ4v) is 4.58. The zero-order valence-corrected chi connectivity index (χ0v) is 15.7. The maximum Gasteiger partial charge on any atom is 0.243 e. The molecular formula is C20H30N2O3. The number of rotatable bonds is 5. The number of para-hydroxylation sites is 1. The van der Waals surface area contributed by atoms with E-state index in [0.717, 1.165) is 30.8 Å². The molecule has 2 aliphatic rings. The van der Waals surface area contributed by atoms with Crippen LogP contribution < -0.4 is 10.5 Å². The van der Waals surface area contributed by atoms with Crippen molar-refractivity contribution in [3.8, 4) is 5.75 Å². The maximum atomic E-state index is 13.3. The second kappa shape index (κ2) is 6.61. The monoisotopic (exact) mass is 346 g/mol. The van der Waals surface area contributed by atoms with Crippen molar-refractivity contribution in [2.24, 2.45) is 17.1 Å². The molecule has 2 fully saturated rings. The molecule has 5 heteroatoms. The van der Waals surface area contributed by atoms with E-state index in [1.165, 1.54) is 0 Å². The summed E-state index contributed by atoms with van der Waals surface area (Å²) < 4.78 is 11.6. The van der Waals surface area contributed by atoms with E-state index in [0.29, 0.717) is 13.2 Å². The molecule has 1 amide bonds. The lowest BCUT2D eigenvalue weighted by Crippen LogP contribution is -2.82. The Kier molecular flexibility index (Phi) is 4.82. The van der Waals surface area contributed by atoms with E-state index in [9.17, 15) is 4.79 Å². The Bertz CT molecular complexity index is 646. The fourth-order valence-electron chi connectivity index (χ4n) is 4.58. The van der Waals surface area contributed by atoms with Gasteiger partial charge >= 0.3 is 0 Å². The average Bonchev–Trinajstić information content (AvgIpc) is 2.62. The Hall–Kier alpha value is -1.59. The summed E-state index contributed by atoms with van der Waals surface area (Å²) in [7, 11) is 1.83. The first kappa shape index (κ1) is 18.2. The van der Waals surface area contributed by atoms with Gasteiger partial charge < -0.3 is 20.1 Å². The maximum absolute atomic E-state index is 13.3. The molecule has 3 rings (SSSR count). The summed E-state index contributed by atoms with van der Waals surface area (Å²) in [4.78, 5) is 15.0. The molecule has 2 N–H and O–H groups in total. The Balaban J connectivity index is 1.78. The Morgan fingerprint density at radius 1 is 1.40 bits per heavy atom. The molecule has 0 radical (unpaired) electrons. The molecule has 5 nitrogen and oxygen atoms in total. The number of amides is 1. The molecule has 1 aliphatic heterocycles. The number of hydrogen-bond donors (Lipinski definition) is 1. The van der Waals surface area contributed by atoms with Crippen molar-refractivity contribution in [2.45, 2.75) is 51.8 Å². The summed E-state index contributed by atoms with van der Waals surface area (Å²) in [5, 5.41) is 0. The zero-order valence-electron chi connectivity index (χ0n) is 15.7. The van der Waals surface area contributed by atoms with E-state index in [4.69, 9.17) is 15.2 Å². The van der Waals surface area contributed by atoms with E-state index in [-0.39, 0.29) is 23.3 Å². The lowest BCUT2D eigenvalue weighted by atomic mass is 9.46. The number of hydrogen-bond acceptors (Lipinski definition) is 4. The highest BCUT2D eigenvalue weighted by Crippen LogP contribution is 2.57. The summed E-state index contributed by atoms with van der Waals surface area (Å²) in [5.41, 5.74) is 6.50. The molecule has 3 unspecified atom stereocenters. The van der Waals surface area contributed by atoms with Gasteiger partial charge in [-0.3, -0.25) is 4.79 Å². The van der Waals surface area contributed by atoms with Gasteiger partial charge in [-0.1, -0.05) is 32.0 Å². The Labute approximate surface area is 150 Å². The molecule has 1 heterocycles. The SMILES string of the molecule is CCOc1ccccc1CN(C)C(=O)C1(N)C2CCCOC2C1(C)C. The first-order valence-corrected chi connectivity index (χ1v) is 9.20. The highest BCUT2D eigenvalue weighted by molar-refractivity contribution is 5.89. The molecule has 1 aromatic carbocycles. The number of carbonyl (C=O) groups excluding carboxylic acids is 1. The average molecular weight is 346 g/mol.